The third kappa shape index (κ3) is 1.50. The second kappa shape index (κ2) is 3.25. The first-order valence-corrected chi connectivity index (χ1v) is 3.44. The van der Waals surface area contributed by atoms with Crippen molar-refractivity contribution in [1.29, 1.82) is 0 Å². The van der Waals surface area contributed by atoms with Gasteiger partial charge in [0.1, 0.15) is 0 Å². The maximum Gasteiger partial charge on any atom is 0.0431 e. The van der Waals surface area contributed by atoms with Gasteiger partial charge in [-0.1, -0.05) is 18.2 Å². The standard InChI is InChI=1S/C9H12N/c1-3-10-9-7-5-4-6-8(9)2/h3-7,10H,1-2H3. The van der Waals surface area contributed by atoms with Crippen LogP contribution in [-0.4, -0.2) is 0 Å². The average Bonchev–Trinajstić information content (AvgIpc) is 1.94. The van der Waals surface area contributed by atoms with Gasteiger partial charge in [0, 0.05) is 12.2 Å². The molecule has 0 bridgehead atoms. The molecular weight excluding hydrogens is 122 g/mol. The molecule has 0 spiro atoms. The highest BCUT2D eigenvalue weighted by Crippen LogP contribution is 2.12. The molecule has 1 heteroatoms. The quantitative estimate of drug-likeness (QED) is 0.655. The Labute approximate surface area is 62.1 Å². The lowest BCUT2D eigenvalue weighted by Gasteiger charge is -2.04. The molecule has 53 valence electrons. The van der Waals surface area contributed by atoms with Gasteiger partial charge < -0.3 is 5.32 Å². The minimum absolute atomic E-state index is 1.19. The fourth-order valence-corrected chi connectivity index (χ4v) is 0.890. The van der Waals surface area contributed by atoms with Crippen molar-refractivity contribution in [3.8, 4) is 0 Å². The Morgan fingerprint density at radius 3 is 2.60 bits per heavy atom. The first-order valence-electron chi connectivity index (χ1n) is 3.44. The zero-order valence-corrected chi connectivity index (χ0v) is 6.39. The lowest BCUT2D eigenvalue weighted by atomic mass is 10.2. The number of para-hydroxylation sites is 1. The minimum Gasteiger partial charge on any atom is -0.380 e. The van der Waals surface area contributed by atoms with Crippen molar-refractivity contribution < 1.29 is 0 Å². The van der Waals surface area contributed by atoms with Crippen LogP contribution in [0.3, 0.4) is 0 Å². The maximum atomic E-state index is 3.15. The van der Waals surface area contributed by atoms with Gasteiger partial charge in [-0.3, -0.25) is 0 Å². The van der Waals surface area contributed by atoms with Crippen molar-refractivity contribution in [2.75, 3.05) is 5.32 Å². The van der Waals surface area contributed by atoms with Crippen molar-refractivity contribution in [2.45, 2.75) is 13.8 Å². The summed E-state index contributed by atoms with van der Waals surface area (Å²) in [4.78, 5) is 0. The van der Waals surface area contributed by atoms with Gasteiger partial charge in [-0.15, -0.1) is 0 Å². The SMILES string of the molecule is C[CH]Nc1ccccc1C. The predicted molar refractivity (Wildman–Crippen MR) is 44.8 cm³/mol. The van der Waals surface area contributed by atoms with Gasteiger partial charge in [-0.2, -0.15) is 0 Å². The zero-order chi connectivity index (χ0) is 7.40. The van der Waals surface area contributed by atoms with Crippen molar-refractivity contribution in [1.82, 2.24) is 0 Å². The summed E-state index contributed by atoms with van der Waals surface area (Å²) in [7, 11) is 0. The Balaban J connectivity index is 2.81. The van der Waals surface area contributed by atoms with E-state index in [1.54, 1.807) is 0 Å². The van der Waals surface area contributed by atoms with Crippen LogP contribution < -0.4 is 5.32 Å². The molecule has 1 N–H and O–H groups in total. The topological polar surface area (TPSA) is 12.0 Å². The van der Waals surface area contributed by atoms with E-state index in [2.05, 4.69) is 24.4 Å². The summed E-state index contributed by atoms with van der Waals surface area (Å²) in [6.07, 6.45) is 0. The van der Waals surface area contributed by atoms with Gasteiger partial charge in [-0.05, 0) is 25.5 Å². The summed E-state index contributed by atoms with van der Waals surface area (Å²) in [5.74, 6) is 0. The molecule has 0 fully saturated rings. The summed E-state index contributed by atoms with van der Waals surface area (Å²) >= 11 is 0. The Morgan fingerprint density at radius 2 is 2.00 bits per heavy atom. The predicted octanol–water partition coefficient (Wildman–Crippen LogP) is 2.59. The van der Waals surface area contributed by atoms with Crippen LogP contribution in [0.25, 0.3) is 0 Å². The van der Waals surface area contributed by atoms with Gasteiger partial charge in [0.15, 0.2) is 0 Å². The minimum atomic E-state index is 1.19. The fourth-order valence-electron chi connectivity index (χ4n) is 0.890. The third-order valence-electron chi connectivity index (χ3n) is 1.44. The maximum absolute atomic E-state index is 3.15. The second-order valence-corrected chi connectivity index (χ2v) is 2.25. The average molecular weight is 134 g/mol. The molecule has 1 aromatic rings. The van der Waals surface area contributed by atoms with Crippen molar-refractivity contribution >= 4 is 5.69 Å². The van der Waals surface area contributed by atoms with E-state index in [4.69, 9.17) is 0 Å². The van der Waals surface area contributed by atoms with E-state index in [-0.39, 0.29) is 0 Å². The largest absolute Gasteiger partial charge is 0.380 e. The molecule has 0 aromatic heterocycles. The van der Waals surface area contributed by atoms with Crippen LogP contribution in [0.4, 0.5) is 5.69 Å². The molecular formula is C9H12N. The molecule has 1 radical (unpaired) electrons. The molecule has 0 aliphatic heterocycles. The highest BCUT2D eigenvalue weighted by Gasteiger charge is 1.91. The monoisotopic (exact) mass is 134 g/mol. The number of aryl methyl sites for hydroxylation is 1. The molecule has 0 heterocycles. The molecule has 0 saturated heterocycles. The Morgan fingerprint density at radius 1 is 1.30 bits per heavy atom. The van der Waals surface area contributed by atoms with E-state index >= 15 is 0 Å². The Hall–Kier alpha value is -0.980. The van der Waals surface area contributed by atoms with Crippen LogP contribution in [0.5, 0.6) is 0 Å². The smallest absolute Gasteiger partial charge is 0.0431 e. The highest BCUT2D eigenvalue weighted by atomic mass is 14.9. The van der Waals surface area contributed by atoms with Crippen LogP contribution in [0, 0.1) is 13.5 Å². The molecule has 0 aliphatic rings. The Bertz CT molecular complexity index is 206. The third-order valence-corrected chi connectivity index (χ3v) is 1.44. The van der Waals surface area contributed by atoms with Crippen LogP contribution in [0.15, 0.2) is 24.3 Å². The normalized spacial score (nSPS) is 9.40. The van der Waals surface area contributed by atoms with E-state index in [1.165, 1.54) is 11.3 Å². The van der Waals surface area contributed by atoms with E-state index in [0.29, 0.717) is 0 Å². The Kier molecular flexibility index (Phi) is 2.32. The number of anilines is 1. The van der Waals surface area contributed by atoms with E-state index < -0.39 is 0 Å². The summed E-state index contributed by atoms with van der Waals surface area (Å²) in [5.41, 5.74) is 2.46. The van der Waals surface area contributed by atoms with Gasteiger partial charge in [0.2, 0.25) is 0 Å². The first kappa shape index (κ1) is 7.13. The summed E-state index contributed by atoms with van der Waals surface area (Å²) < 4.78 is 0. The molecule has 1 aromatic carbocycles. The van der Waals surface area contributed by atoms with Crippen LogP contribution >= 0.6 is 0 Å². The zero-order valence-electron chi connectivity index (χ0n) is 6.39. The van der Waals surface area contributed by atoms with Gasteiger partial charge >= 0.3 is 0 Å². The van der Waals surface area contributed by atoms with Crippen LogP contribution in [-0.2, 0) is 0 Å². The molecule has 1 rings (SSSR count). The van der Waals surface area contributed by atoms with Crippen LogP contribution in [0.2, 0.25) is 0 Å². The van der Waals surface area contributed by atoms with E-state index in [9.17, 15) is 0 Å². The van der Waals surface area contributed by atoms with Crippen molar-refractivity contribution in [2.24, 2.45) is 0 Å². The summed E-state index contributed by atoms with van der Waals surface area (Å²) in [5, 5.41) is 3.15. The fraction of sp³-hybridized carbons (Fsp3) is 0.222. The second-order valence-electron chi connectivity index (χ2n) is 2.25. The van der Waals surface area contributed by atoms with Crippen molar-refractivity contribution in [3.63, 3.8) is 0 Å². The number of nitrogens with one attached hydrogen (secondary N) is 1. The van der Waals surface area contributed by atoms with Gasteiger partial charge in [0.25, 0.3) is 0 Å². The molecule has 0 aliphatic carbocycles. The van der Waals surface area contributed by atoms with E-state index in [0.717, 1.165) is 0 Å². The molecule has 1 nitrogen and oxygen atoms in total. The summed E-state index contributed by atoms with van der Waals surface area (Å²) in [6, 6.07) is 8.22. The van der Waals surface area contributed by atoms with Crippen molar-refractivity contribution in [3.05, 3.63) is 36.4 Å². The number of hydrogen-bond donors (Lipinski definition) is 1. The van der Waals surface area contributed by atoms with Gasteiger partial charge in [0.05, 0.1) is 0 Å². The molecule has 0 unspecified atom stereocenters. The number of hydrogen-bond acceptors (Lipinski definition) is 1. The van der Waals surface area contributed by atoms with Gasteiger partial charge in [-0.25, -0.2) is 0 Å². The molecule has 10 heavy (non-hydrogen) atoms. The first-order chi connectivity index (χ1) is 4.84. The lowest BCUT2D eigenvalue weighted by Crippen LogP contribution is -1.92. The summed E-state index contributed by atoms with van der Waals surface area (Å²) in [6.45, 7) is 6.00. The molecule has 0 saturated carbocycles. The molecule has 0 amide bonds. The van der Waals surface area contributed by atoms with Crippen LogP contribution in [0.1, 0.15) is 12.5 Å². The van der Waals surface area contributed by atoms with E-state index in [1.807, 2.05) is 25.6 Å². The number of benzene rings is 1. The number of rotatable bonds is 2. The molecule has 0 atom stereocenters. The lowest BCUT2D eigenvalue weighted by molar-refractivity contribution is 1.34. The highest BCUT2D eigenvalue weighted by molar-refractivity contribution is 5.51.